The minimum Gasteiger partial charge on any atom is -0.356 e. The molecule has 18 heavy (non-hydrogen) atoms. The van der Waals surface area contributed by atoms with Gasteiger partial charge >= 0.3 is 0 Å². The van der Waals surface area contributed by atoms with Crippen LogP contribution in [0.25, 0.3) is 0 Å². The lowest BCUT2D eigenvalue weighted by atomic mass is 10.0. The Hall–Kier alpha value is -1.42. The van der Waals surface area contributed by atoms with E-state index in [0.717, 1.165) is 19.5 Å². The number of nitrogens with one attached hydrogen (secondary N) is 2. The summed E-state index contributed by atoms with van der Waals surface area (Å²) in [5, 5.41) is 6.09. The molecule has 4 heteroatoms. The summed E-state index contributed by atoms with van der Waals surface area (Å²) in [6.45, 7) is 2.44. The topological polar surface area (TPSA) is 41.1 Å². The smallest absolute Gasteiger partial charge is 0.220 e. The van der Waals surface area contributed by atoms with Crippen molar-refractivity contribution in [3.63, 3.8) is 0 Å². The van der Waals surface area contributed by atoms with E-state index in [2.05, 4.69) is 10.6 Å². The van der Waals surface area contributed by atoms with Crippen LogP contribution in [0, 0.1) is 11.7 Å². The molecule has 0 spiro atoms. The molecular formula is C14H19FN2O. The molecule has 0 aromatic heterocycles. The Morgan fingerprint density at radius 3 is 3.00 bits per heavy atom. The van der Waals surface area contributed by atoms with Crippen LogP contribution in [0.5, 0.6) is 0 Å². The van der Waals surface area contributed by atoms with Crippen molar-refractivity contribution in [1.82, 2.24) is 10.6 Å². The number of amides is 1. The van der Waals surface area contributed by atoms with E-state index in [1.165, 1.54) is 6.07 Å². The summed E-state index contributed by atoms with van der Waals surface area (Å²) in [5.74, 6) is 0.324. The minimum atomic E-state index is -0.202. The fraction of sp³-hybridized carbons (Fsp3) is 0.500. The zero-order chi connectivity index (χ0) is 12.8. The third-order valence-electron chi connectivity index (χ3n) is 3.31. The minimum absolute atomic E-state index is 0.0695. The van der Waals surface area contributed by atoms with Gasteiger partial charge in [-0.05, 0) is 43.5 Å². The van der Waals surface area contributed by atoms with Gasteiger partial charge in [0.25, 0.3) is 0 Å². The fourth-order valence-electron chi connectivity index (χ4n) is 2.26. The average Bonchev–Trinajstić information content (AvgIpc) is 2.84. The SMILES string of the molecule is O=C(CC1CCNC1)NCCc1ccccc1F. The zero-order valence-electron chi connectivity index (χ0n) is 10.4. The van der Waals surface area contributed by atoms with Gasteiger partial charge in [-0.15, -0.1) is 0 Å². The van der Waals surface area contributed by atoms with Crippen LogP contribution in [-0.4, -0.2) is 25.5 Å². The monoisotopic (exact) mass is 250 g/mol. The third kappa shape index (κ3) is 3.81. The van der Waals surface area contributed by atoms with Gasteiger partial charge < -0.3 is 10.6 Å². The quantitative estimate of drug-likeness (QED) is 0.831. The van der Waals surface area contributed by atoms with E-state index < -0.39 is 0 Å². The molecule has 98 valence electrons. The van der Waals surface area contributed by atoms with Crippen molar-refractivity contribution in [3.05, 3.63) is 35.6 Å². The summed E-state index contributed by atoms with van der Waals surface area (Å²) < 4.78 is 13.3. The molecule has 3 nitrogen and oxygen atoms in total. The predicted molar refractivity (Wildman–Crippen MR) is 68.7 cm³/mol. The Morgan fingerprint density at radius 2 is 2.28 bits per heavy atom. The Bertz CT molecular complexity index is 403. The van der Waals surface area contributed by atoms with Crippen molar-refractivity contribution in [3.8, 4) is 0 Å². The van der Waals surface area contributed by atoms with Gasteiger partial charge in [0.15, 0.2) is 0 Å². The molecule has 1 amide bonds. The Labute approximate surface area is 107 Å². The lowest BCUT2D eigenvalue weighted by molar-refractivity contribution is -0.121. The van der Waals surface area contributed by atoms with Crippen molar-refractivity contribution in [2.75, 3.05) is 19.6 Å². The Morgan fingerprint density at radius 1 is 1.44 bits per heavy atom. The van der Waals surface area contributed by atoms with Crippen LogP contribution in [0.4, 0.5) is 4.39 Å². The number of hydrogen-bond donors (Lipinski definition) is 2. The lowest BCUT2D eigenvalue weighted by Crippen LogP contribution is -2.28. The summed E-state index contributed by atoms with van der Waals surface area (Å²) in [4.78, 5) is 11.6. The molecule has 1 saturated heterocycles. The van der Waals surface area contributed by atoms with Gasteiger partial charge in [0.1, 0.15) is 5.82 Å². The average molecular weight is 250 g/mol. The van der Waals surface area contributed by atoms with E-state index >= 15 is 0 Å². The van der Waals surface area contributed by atoms with E-state index in [-0.39, 0.29) is 11.7 Å². The number of hydrogen-bond acceptors (Lipinski definition) is 2. The molecule has 1 aliphatic heterocycles. The summed E-state index contributed by atoms with van der Waals surface area (Å²) in [6.07, 6.45) is 2.19. The molecule has 1 aromatic rings. The lowest BCUT2D eigenvalue weighted by Gasteiger charge is -2.09. The number of carbonyl (C=O) groups is 1. The molecule has 1 aromatic carbocycles. The number of halogens is 1. The molecule has 1 atom stereocenters. The number of rotatable bonds is 5. The molecule has 0 radical (unpaired) electrons. The largest absolute Gasteiger partial charge is 0.356 e. The fourth-order valence-corrected chi connectivity index (χ4v) is 2.26. The van der Waals surface area contributed by atoms with E-state index in [1.54, 1.807) is 12.1 Å². The van der Waals surface area contributed by atoms with Gasteiger partial charge in [-0.25, -0.2) is 4.39 Å². The van der Waals surface area contributed by atoms with Gasteiger partial charge in [-0.1, -0.05) is 18.2 Å². The summed E-state index contributed by atoms with van der Waals surface area (Å²) in [7, 11) is 0. The second-order valence-corrected chi connectivity index (χ2v) is 4.75. The molecular weight excluding hydrogens is 231 g/mol. The maximum absolute atomic E-state index is 13.3. The van der Waals surface area contributed by atoms with Crippen LogP contribution >= 0.6 is 0 Å². The third-order valence-corrected chi connectivity index (χ3v) is 3.31. The van der Waals surface area contributed by atoms with E-state index in [9.17, 15) is 9.18 Å². The van der Waals surface area contributed by atoms with Crippen molar-refractivity contribution in [2.45, 2.75) is 19.3 Å². The van der Waals surface area contributed by atoms with Crippen LogP contribution in [0.3, 0.4) is 0 Å². The van der Waals surface area contributed by atoms with Crippen LogP contribution in [-0.2, 0) is 11.2 Å². The molecule has 1 aliphatic rings. The van der Waals surface area contributed by atoms with Gasteiger partial charge in [-0.3, -0.25) is 4.79 Å². The molecule has 2 N–H and O–H groups in total. The van der Waals surface area contributed by atoms with Crippen molar-refractivity contribution in [2.24, 2.45) is 5.92 Å². The highest BCUT2D eigenvalue weighted by molar-refractivity contribution is 5.76. The van der Waals surface area contributed by atoms with E-state index in [4.69, 9.17) is 0 Å². The standard InChI is InChI=1S/C14H19FN2O/c15-13-4-2-1-3-12(13)6-8-17-14(18)9-11-5-7-16-10-11/h1-4,11,16H,5-10H2,(H,17,18). The highest BCUT2D eigenvalue weighted by Crippen LogP contribution is 2.11. The maximum atomic E-state index is 13.3. The molecule has 2 rings (SSSR count). The maximum Gasteiger partial charge on any atom is 0.220 e. The van der Waals surface area contributed by atoms with Crippen LogP contribution in [0.2, 0.25) is 0 Å². The van der Waals surface area contributed by atoms with E-state index in [1.807, 2.05) is 6.07 Å². The Balaban J connectivity index is 1.68. The van der Waals surface area contributed by atoms with Crippen LogP contribution in [0.15, 0.2) is 24.3 Å². The number of benzene rings is 1. The first kappa shape index (κ1) is 13.0. The van der Waals surface area contributed by atoms with Gasteiger partial charge in [-0.2, -0.15) is 0 Å². The van der Waals surface area contributed by atoms with Crippen LogP contribution < -0.4 is 10.6 Å². The second-order valence-electron chi connectivity index (χ2n) is 4.75. The van der Waals surface area contributed by atoms with Crippen molar-refractivity contribution >= 4 is 5.91 Å². The molecule has 1 heterocycles. The molecule has 0 saturated carbocycles. The van der Waals surface area contributed by atoms with Crippen molar-refractivity contribution < 1.29 is 9.18 Å². The molecule has 1 fully saturated rings. The summed E-state index contributed by atoms with van der Waals surface area (Å²) in [6, 6.07) is 6.68. The second kappa shape index (κ2) is 6.50. The Kier molecular flexibility index (Phi) is 4.70. The van der Waals surface area contributed by atoms with E-state index in [0.29, 0.717) is 30.9 Å². The number of carbonyl (C=O) groups excluding carboxylic acids is 1. The van der Waals surface area contributed by atoms with Gasteiger partial charge in [0, 0.05) is 13.0 Å². The summed E-state index contributed by atoms with van der Waals surface area (Å²) in [5.41, 5.74) is 0.653. The first-order chi connectivity index (χ1) is 8.75. The summed E-state index contributed by atoms with van der Waals surface area (Å²) >= 11 is 0. The highest BCUT2D eigenvalue weighted by atomic mass is 19.1. The van der Waals surface area contributed by atoms with Crippen LogP contribution in [0.1, 0.15) is 18.4 Å². The predicted octanol–water partition coefficient (Wildman–Crippen LogP) is 1.48. The van der Waals surface area contributed by atoms with Crippen molar-refractivity contribution in [1.29, 1.82) is 0 Å². The van der Waals surface area contributed by atoms with Gasteiger partial charge in [0.05, 0.1) is 0 Å². The molecule has 0 aliphatic carbocycles. The zero-order valence-corrected chi connectivity index (χ0v) is 10.4. The van der Waals surface area contributed by atoms with Gasteiger partial charge in [0.2, 0.25) is 5.91 Å². The molecule has 1 unspecified atom stereocenters. The molecule has 0 bridgehead atoms. The first-order valence-electron chi connectivity index (χ1n) is 6.46. The first-order valence-corrected chi connectivity index (χ1v) is 6.46. The normalized spacial score (nSPS) is 18.8. The highest BCUT2D eigenvalue weighted by Gasteiger charge is 2.17.